The van der Waals surface area contributed by atoms with Crippen molar-refractivity contribution >= 4 is 33.6 Å². The average molecular weight is 446 g/mol. The first-order valence-corrected chi connectivity index (χ1v) is 11.4. The molecule has 1 amide bonds. The zero-order valence-corrected chi connectivity index (χ0v) is 17.7. The lowest BCUT2D eigenvalue weighted by Gasteiger charge is -2.26. The molecule has 1 aromatic heterocycles. The molecule has 2 fully saturated rings. The first kappa shape index (κ1) is 19.0. The van der Waals surface area contributed by atoms with Crippen LogP contribution < -0.4 is 0 Å². The second-order valence-electron chi connectivity index (χ2n) is 7.12. The van der Waals surface area contributed by atoms with Crippen LogP contribution in [0.5, 0.6) is 0 Å². The van der Waals surface area contributed by atoms with Crippen molar-refractivity contribution in [3.8, 4) is 11.1 Å². The van der Waals surface area contributed by atoms with Crippen LogP contribution in [0.1, 0.15) is 30.2 Å². The van der Waals surface area contributed by atoms with Crippen LogP contribution in [0.3, 0.4) is 0 Å². The summed E-state index contributed by atoms with van der Waals surface area (Å²) in [5, 5.41) is 0.0587. The quantitative estimate of drug-likeness (QED) is 0.652. The molecule has 2 aromatic rings. The highest BCUT2D eigenvalue weighted by Crippen LogP contribution is 2.42. The van der Waals surface area contributed by atoms with Gasteiger partial charge >= 0.3 is 0 Å². The van der Waals surface area contributed by atoms with E-state index in [2.05, 4.69) is 61.0 Å². The summed E-state index contributed by atoms with van der Waals surface area (Å²) in [4.78, 5) is 21.5. The van der Waals surface area contributed by atoms with Crippen LogP contribution in [0.2, 0.25) is 0 Å². The van der Waals surface area contributed by atoms with Crippen LogP contribution >= 0.6 is 27.7 Å². The number of hydrogen-bond donors (Lipinski definition) is 0. The molecule has 0 bridgehead atoms. The largest absolute Gasteiger partial charge is 0.326 e. The van der Waals surface area contributed by atoms with Gasteiger partial charge in [-0.05, 0) is 68.2 Å². The molecule has 142 valence electrons. The van der Waals surface area contributed by atoms with E-state index in [4.69, 9.17) is 0 Å². The van der Waals surface area contributed by atoms with Crippen molar-refractivity contribution in [2.24, 2.45) is 0 Å². The number of halogens is 1. The van der Waals surface area contributed by atoms with Gasteiger partial charge < -0.3 is 9.80 Å². The molecular weight excluding hydrogens is 422 g/mol. The number of carbonyl (C=O) groups excluding carboxylic acids is 1. The Morgan fingerprint density at radius 1 is 1.11 bits per heavy atom. The Balaban J connectivity index is 1.52. The number of rotatable bonds is 6. The Hall–Kier alpha value is -1.37. The topological polar surface area (TPSA) is 36.4 Å². The van der Waals surface area contributed by atoms with E-state index < -0.39 is 0 Å². The van der Waals surface area contributed by atoms with Crippen molar-refractivity contribution in [2.75, 3.05) is 31.9 Å². The minimum atomic E-state index is 0.0587. The Kier molecular flexibility index (Phi) is 6.15. The average Bonchev–Trinajstić information content (AvgIpc) is 3.33. The van der Waals surface area contributed by atoms with E-state index in [0.29, 0.717) is 5.75 Å². The molecule has 2 saturated heterocycles. The number of hydrogen-bond acceptors (Lipinski definition) is 4. The molecule has 1 aromatic carbocycles. The summed E-state index contributed by atoms with van der Waals surface area (Å²) in [5.41, 5.74) is 3.46. The molecule has 3 heterocycles. The van der Waals surface area contributed by atoms with Crippen LogP contribution in [0, 0.1) is 0 Å². The third-order valence-corrected chi connectivity index (χ3v) is 7.08. The number of amides is 1. The maximum Gasteiger partial charge on any atom is 0.233 e. The normalized spacial score (nSPS) is 20.6. The van der Waals surface area contributed by atoms with E-state index in [1.807, 2.05) is 12.4 Å². The summed E-state index contributed by atoms with van der Waals surface area (Å²) in [6.45, 7) is 4.33. The van der Waals surface area contributed by atoms with Gasteiger partial charge in [0.15, 0.2) is 0 Å². The summed E-state index contributed by atoms with van der Waals surface area (Å²) < 4.78 is 1.07. The molecular formula is C21H24BrN3OS. The predicted molar refractivity (Wildman–Crippen MR) is 115 cm³/mol. The van der Waals surface area contributed by atoms with E-state index in [0.717, 1.165) is 40.7 Å². The third kappa shape index (κ3) is 4.39. The Morgan fingerprint density at radius 2 is 1.89 bits per heavy atom. The maximum atomic E-state index is 12.5. The molecule has 2 aliphatic rings. The first-order chi connectivity index (χ1) is 13.2. The van der Waals surface area contributed by atoms with Gasteiger partial charge in [-0.2, -0.15) is 0 Å². The number of carbonyl (C=O) groups is 1. The molecule has 4 rings (SSSR count). The van der Waals surface area contributed by atoms with Gasteiger partial charge in [0.05, 0.1) is 5.75 Å². The van der Waals surface area contributed by atoms with Crippen LogP contribution in [0.25, 0.3) is 11.1 Å². The monoisotopic (exact) mass is 445 g/mol. The van der Waals surface area contributed by atoms with Gasteiger partial charge in [-0.1, -0.05) is 28.1 Å². The molecule has 1 atom stereocenters. The maximum absolute atomic E-state index is 12.5. The van der Waals surface area contributed by atoms with Crippen molar-refractivity contribution < 1.29 is 4.79 Å². The molecule has 6 heteroatoms. The lowest BCUT2D eigenvalue weighted by Crippen LogP contribution is -2.32. The molecule has 0 radical (unpaired) electrons. The Morgan fingerprint density at radius 3 is 2.67 bits per heavy atom. The summed E-state index contributed by atoms with van der Waals surface area (Å²) in [6, 6.07) is 10.4. The molecule has 0 aliphatic carbocycles. The van der Waals surface area contributed by atoms with Crippen molar-refractivity contribution in [1.29, 1.82) is 0 Å². The fourth-order valence-corrected chi connectivity index (χ4v) is 5.42. The number of aromatic nitrogens is 1. The molecule has 27 heavy (non-hydrogen) atoms. The zero-order chi connectivity index (χ0) is 18.6. The van der Waals surface area contributed by atoms with Crippen LogP contribution in [-0.2, 0) is 4.79 Å². The highest BCUT2D eigenvalue weighted by atomic mass is 79.9. The van der Waals surface area contributed by atoms with Gasteiger partial charge in [0, 0.05) is 29.0 Å². The molecule has 0 saturated carbocycles. The number of nitrogens with zero attached hydrogens (tertiary/aromatic N) is 3. The fourth-order valence-electron chi connectivity index (χ4n) is 3.92. The lowest BCUT2D eigenvalue weighted by molar-refractivity contribution is -0.128. The highest BCUT2D eigenvalue weighted by molar-refractivity contribution is 9.10. The van der Waals surface area contributed by atoms with E-state index in [-0.39, 0.29) is 11.3 Å². The number of thioether (sulfide) groups is 1. The van der Waals surface area contributed by atoms with E-state index in [1.165, 1.54) is 25.9 Å². The minimum absolute atomic E-state index is 0.0587. The lowest BCUT2D eigenvalue weighted by atomic mass is 10.0. The van der Waals surface area contributed by atoms with Crippen molar-refractivity contribution in [3.05, 3.63) is 52.8 Å². The van der Waals surface area contributed by atoms with Gasteiger partial charge in [-0.3, -0.25) is 9.78 Å². The number of likely N-dealkylation sites (tertiary alicyclic amines) is 1. The smallest absolute Gasteiger partial charge is 0.233 e. The minimum Gasteiger partial charge on any atom is -0.326 e. The summed E-state index contributed by atoms with van der Waals surface area (Å²) >= 11 is 5.22. The van der Waals surface area contributed by atoms with Gasteiger partial charge in [0.2, 0.25) is 5.91 Å². The van der Waals surface area contributed by atoms with Crippen molar-refractivity contribution in [3.63, 3.8) is 0 Å². The second-order valence-corrected chi connectivity index (χ2v) is 9.11. The highest BCUT2D eigenvalue weighted by Gasteiger charge is 2.34. The first-order valence-electron chi connectivity index (χ1n) is 9.55. The molecule has 2 aliphatic heterocycles. The van der Waals surface area contributed by atoms with Crippen molar-refractivity contribution in [2.45, 2.75) is 24.6 Å². The van der Waals surface area contributed by atoms with Crippen LogP contribution in [0.15, 0.2) is 47.2 Å². The molecule has 0 N–H and O–H groups in total. The van der Waals surface area contributed by atoms with Gasteiger partial charge in [-0.15, -0.1) is 11.8 Å². The third-order valence-electron chi connectivity index (χ3n) is 5.31. The van der Waals surface area contributed by atoms with Gasteiger partial charge in [0.1, 0.15) is 5.37 Å². The van der Waals surface area contributed by atoms with Crippen LogP contribution in [0.4, 0.5) is 0 Å². The van der Waals surface area contributed by atoms with Gasteiger partial charge in [-0.25, -0.2) is 0 Å². The zero-order valence-electron chi connectivity index (χ0n) is 15.3. The summed E-state index contributed by atoms with van der Waals surface area (Å²) in [7, 11) is 0. The Labute approximate surface area is 173 Å². The van der Waals surface area contributed by atoms with Gasteiger partial charge in [0.25, 0.3) is 0 Å². The fraction of sp³-hybridized carbons (Fsp3) is 0.429. The SMILES string of the molecule is O=C1CSC(c2cnccc2-c2ccc(Br)cc2)N1CCCN1CCCC1. The summed E-state index contributed by atoms with van der Waals surface area (Å²) in [5.74, 6) is 0.806. The molecule has 4 nitrogen and oxygen atoms in total. The number of benzene rings is 1. The number of pyridine rings is 1. The van der Waals surface area contributed by atoms with E-state index in [9.17, 15) is 4.79 Å². The summed E-state index contributed by atoms with van der Waals surface area (Å²) in [6.07, 6.45) is 7.43. The molecule has 1 unspecified atom stereocenters. The van der Waals surface area contributed by atoms with E-state index in [1.54, 1.807) is 11.8 Å². The predicted octanol–water partition coefficient (Wildman–Crippen LogP) is 4.57. The second kappa shape index (κ2) is 8.76. The standard InChI is InChI=1S/C21H24BrN3OS/c22-17-6-4-16(5-7-17)18-8-9-23-14-19(18)21-25(20(26)15-27-21)13-3-12-24-10-1-2-11-24/h4-9,14,21H,1-3,10-13,15H2. The van der Waals surface area contributed by atoms with E-state index >= 15 is 0 Å². The van der Waals surface area contributed by atoms with Crippen LogP contribution in [-0.4, -0.2) is 52.6 Å². The Bertz CT molecular complexity index is 792. The van der Waals surface area contributed by atoms with Crippen molar-refractivity contribution in [1.82, 2.24) is 14.8 Å². The molecule has 0 spiro atoms.